The van der Waals surface area contributed by atoms with Gasteiger partial charge in [-0.1, -0.05) is 24.3 Å². The summed E-state index contributed by atoms with van der Waals surface area (Å²) >= 11 is 3.46. The average molecular weight is 361 g/mol. The SMILES string of the molecule is COc1ccccc1OCc1nnc(-c2ccccc2Br)o1. The van der Waals surface area contributed by atoms with Crippen LogP contribution in [-0.2, 0) is 6.61 Å². The molecule has 6 heteroatoms. The first-order valence-corrected chi connectivity index (χ1v) is 7.40. The van der Waals surface area contributed by atoms with Gasteiger partial charge < -0.3 is 13.9 Å². The molecule has 0 saturated carbocycles. The van der Waals surface area contributed by atoms with E-state index in [9.17, 15) is 0 Å². The van der Waals surface area contributed by atoms with Gasteiger partial charge in [-0.25, -0.2) is 0 Å². The zero-order valence-electron chi connectivity index (χ0n) is 11.8. The van der Waals surface area contributed by atoms with E-state index in [1.807, 2.05) is 48.5 Å². The molecule has 0 N–H and O–H groups in total. The largest absolute Gasteiger partial charge is 0.493 e. The smallest absolute Gasteiger partial charge is 0.254 e. The van der Waals surface area contributed by atoms with Crippen LogP contribution < -0.4 is 9.47 Å². The molecule has 0 aliphatic rings. The Morgan fingerprint density at radius 1 is 1.00 bits per heavy atom. The normalized spacial score (nSPS) is 10.5. The Morgan fingerprint density at radius 2 is 1.73 bits per heavy atom. The van der Waals surface area contributed by atoms with Crippen molar-refractivity contribution in [2.75, 3.05) is 7.11 Å². The maximum atomic E-state index is 5.66. The first kappa shape index (κ1) is 14.6. The van der Waals surface area contributed by atoms with Crippen LogP contribution in [0.1, 0.15) is 5.89 Å². The summed E-state index contributed by atoms with van der Waals surface area (Å²) < 4.78 is 17.4. The number of para-hydroxylation sites is 2. The minimum atomic E-state index is 0.178. The molecule has 0 atom stereocenters. The van der Waals surface area contributed by atoms with Crippen molar-refractivity contribution in [1.82, 2.24) is 10.2 Å². The highest BCUT2D eigenvalue weighted by molar-refractivity contribution is 9.10. The van der Waals surface area contributed by atoms with Crippen LogP contribution in [0.3, 0.4) is 0 Å². The van der Waals surface area contributed by atoms with Gasteiger partial charge in [0.15, 0.2) is 18.1 Å². The number of aromatic nitrogens is 2. The second-order valence-electron chi connectivity index (χ2n) is 4.42. The van der Waals surface area contributed by atoms with E-state index in [2.05, 4.69) is 26.1 Å². The van der Waals surface area contributed by atoms with E-state index in [0.717, 1.165) is 10.0 Å². The van der Waals surface area contributed by atoms with E-state index in [1.165, 1.54) is 0 Å². The fourth-order valence-electron chi connectivity index (χ4n) is 1.93. The number of ether oxygens (including phenoxy) is 2. The van der Waals surface area contributed by atoms with Crippen LogP contribution in [-0.4, -0.2) is 17.3 Å². The molecule has 2 aromatic carbocycles. The van der Waals surface area contributed by atoms with E-state index < -0.39 is 0 Å². The lowest BCUT2D eigenvalue weighted by Gasteiger charge is -2.08. The predicted octanol–water partition coefficient (Wildman–Crippen LogP) is 4.09. The molecular weight excluding hydrogens is 348 g/mol. The quantitative estimate of drug-likeness (QED) is 0.685. The fourth-order valence-corrected chi connectivity index (χ4v) is 2.39. The van der Waals surface area contributed by atoms with E-state index in [1.54, 1.807) is 7.11 Å². The molecule has 3 aromatic rings. The maximum absolute atomic E-state index is 5.66. The molecule has 0 radical (unpaired) electrons. The predicted molar refractivity (Wildman–Crippen MR) is 84.8 cm³/mol. The van der Waals surface area contributed by atoms with Crippen LogP contribution in [0.4, 0.5) is 0 Å². The molecule has 0 spiro atoms. The molecule has 0 aliphatic carbocycles. The average Bonchev–Trinajstić information content (AvgIpc) is 3.02. The Morgan fingerprint density at radius 3 is 2.50 bits per heavy atom. The highest BCUT2D eigenvalue weighted by Crippen LogP contribution is 2.28. The van der Waals surface area contributed by atoms with E-state index in [-0.39, 0.29) is 6.61 Å². The fraction of sp³-hybridized carbons (Fsp3) is 0.125. The zero-order chi connectivity index (χ0) is 15.4. The van der Waals surface area contributed by atoms with E-state index >= 15 is 0 Å². The number of benzene rings is 2. The van der Waals surface area contributed by atoms with Gasteiger partial charge in [0.2, 0.25) is 5.89 Å². The first-order valence-electron chi connectivity index (χ1n) is 6.61. The van der Waals surface area contributed by atoms with Gasteiger partial charge in [0.1, 0.15) is 0 Å². The van der Waals surface area contributed by atoms with Crippen LogP contribution in [0.25, 0.3) is 11.5 Å². The summed E-state index contributed by atoms with van der Waals surface area (Å²) in [5.74, 6) is 2.14. The summed E-state index contributed by atoms with van der Waals surface area (Å²) in [6.45, 7) is 0.178. The summed E-state index contributed by atoms with van der Waals surface area (Å²) in [5.41, 5.74) is 0.846. The van der Waals surface area contributed by atoms with Gasteiger partial charge in [-0.3, -0.25) is 0 Å². The Hall–Kier alpha value is -2.34. The minimum absolute atomic E-state index is 0.178. The van der Waals surface area contributed by atoms with Crippen LogP contribution >= 0.6 is 15.9 Å². The van der Waals surface area contributed by atoms with Gasteiger partial charge in [-0.05, 0) is 40.2 Å². The molecule has 0 amide bonds. The molecule has 112 valence electrons. The van der Waals surface area contributed by atoms with Crippen molar-refractivity contribution in [1.29, 1.82) is 0 Å². The number of nitrogens with zero attached hydrogens (tertiary/aromatic N) is 2. The lowest BCUT2D eigenvalue weighted by molar-refractivity contribution is 0.251. The van der Waals surface area contributed by atoms with E-state index in [0.29, 0.717) is 23.3 Å². The molecule has 5 nitrogen and oxygen atoms in total. The Balaban J connectivity index is 1.74. The molecule has 0 aliphatic heterocycles. The van der Waals surface area contributed by atoms with Gasteiger partial charge in [-0.15, -0.1) is 10.2 Å². The molecule has 0 unspecified atom stereocenters. The summed E-state index contributed by atoms with van der Waals surface area (Å²) in [7, 11) is 1.60. The van der Waals surface area contributed by atoms with E-state index in [4.69, 9.17) is 13.9 Å². The molecule has 22 heavy (non-hydrogen) atoms. The number of halogens is 1. The molecule has 1 heterocycles. The van der Waals surface area contributed by atoms with Crippen molar-refractivity contribution < 1.29 is 13.9 Å². The third-order valence-corrected chi connectivity index (χ3v) is 3.68. The lowest BCUT2D eigenvalue weighted by atomic mass is 10.2. The zero-order valence-corrected chi connectivity index (χ0v) is 13.4. The van der Waals surface area contributed by atoms with Crippen molar-refractivity contribution >= 4 is 15.9 Å². The number of hydrogen-bond donors (Lipinski definition) is 0. The Kier molecular flexibility index (Phi) is 4.39. The number of methoxy groups -OCH3 is 1. The third-order valence-electron chi connectivity index (χ3n) is 2.99. The Labute approximate surface area is 136 Å². The van der Waals surface area contributed by atoms with Gasteiger partial charge in [0.05, 0.1) is 12.7 Å². The highest BCUT2D eigenvalue weighted by atomic mass is 79.9. The monoisotopic (exact) mass is 360 g/mol. The van der Waals surface area contributed by atoms with Crippen LogP contribution in [0.2, 0.25) is 0 Å². The molecule has 0 saturated heterocycles. The third kappa shape index (κ3) is 3.12. The number of hydrogen-bond acceptors (Lipinski definition) is 5. The minimum Gasteiger partial charge on any atom is -0.493 e. The van der Waals surface area contributed by atoms with Crippen LogP contribution in [0, 0.1) is 0 Å². The topological polar surface area (TPSA) is 57.4 Å². The second-order valence-corrected chi connectivity index (χ2v) is 5.27. The standard InChI is InChI=1S/C16H13BrN2O3/c1-20-13-8-4-5-9-14(13)21-10-15-18-19-16(22-15)11-6-2-3-7-12(11)17/h2-9H,10H2,1H3. The van der Waals surface area contributed by atoms with Crippen molar-refractivity contribution in [2.45, 2.75) is 6.61 Å². The van der Waals surface area contributed by atoms with Crippen LogP contribution in [0.5, 0.6) is 11.5 Å². The molecular formula is C16H13BrN2O3. The lowest BCUT2D eigenvalue weighted by Crippen LogP contribution is -1.97. The summed E-state index contributed by atoms with van der Waals surface area (Å²) in [6, 6.07) is 15.1. The molecule has 3 rings (SSSR count). The summed E-state index contributed by atoms with van der Waals surface area (Å²) in [5, 5.41) is 8.05. The van der Waals surface area contributed by atoms with Crippen molar-refractivity contribution in [3.63, 3.8) is 0 Å². The summed E-state index contributed by atoms with van der Waals surface area (Å²) in [6.07, 6.45) is 0. The van der Waals surface area contributed by atoms with Gasteiger partial charge >= 0.3 is 0 Å². The van der Waals surface area contributed by atoms with Crippen molar-refractivity contribution in [3.05, 3.63) is 58.9 Å². The second kappa shape index (κ2) is 6.62. The first-order chi connectivity index (χ1) is 10.8. The molecule has 0 bridgehead atoms. The van der Waals surface area contributed by atoms with Crippen molar-refractivity contribution in [2.24, 2.45) is 0 Å². The molecule has 0 fully saturated rings. The summed E-state index contributed by atoms with van der Waals surface area (Å²) in [4.78, 5) is 0. The van der Waals surface area contributed by atoms with Gasteiger partial charge in [0, 0.05) is 4.47 Å². The van der Waals surface area contributed by atoms with Crippen LogP contribution in [0.15, 0.2) is 57.4 Å². The highest BCUT2D eigenvalue weighted by Gasteiger charge is 2.12. The Bertz CT molecular complexity index is 773. The molecule has 1 aromatic heterocycles. The van der Waals surface area contributed by atoms with Crippen molar-refractivity contribution in [3.8, 4) is 23.0 Å². The van der Waals surface area contributed by atoms with Gasteiger partial charge in [-0.2, -0.15) is 0 Å². The number of rotatable bonds is 5. The van der Waals surface area contributed by atoms with Gasteiger partial charge in [0.25, 0.3) is 5.89 Å². The maximum Gasteiger partial charge on any atom is 0.254 e.